The summed E-state index contributed by atoms with van der Waals surface area (Å²) in [6, 6.07) is 17.1. The molecule has 0 spiro atoms. The molecule has 0 saturated carbocycles. The van der Waals surface area contributed by atoms with E-state index in [4.69, 9.17) is 9.26 Å². The number of H-pyrrole nitrogens is 1. The minimum absolute atomic E-state index is 0.000597. The molecule has 4 aromatic rings. The molecule has 5 rings (SSSR count). The zero-order valence-electron chi connectivity index (χ0n) is 20.0. The second kappa shape index (κ2) is 8.17. The van der Waals surface area contributed by atoms with Gasteiger partial charge in [-0.3, -0.25) is 14.8 Å². The summed E-state index contributed by atoms with van der Waals surface area (Å²) >= 11 is 0. The zero-order chi connectivity index (χ0) is 24.0. The van der Waals surface area contributed by atoms with Crippen LogP contribution in [0.3, 0.4) is 0 Å². The molecule has 0 bridgehead atoms. The third-order valence-corrected chi connectivity index (χ3v) is 5.93. The molecular weight excluding hydrogens is 428 g/mol. The Hall–Kier alpha value is -3.87. The first-order valence-electron chi connectivity index (χ1n) is 11.4. The number of rotatable bonds is 5. The Balaban J connectivity index is 1.67. The molecule has 1 atom stereocenters. The molecule has 0 radical (unpaired) electrons. The second-order valence-corrected chi connectivity index (χ2v) is 9.82. The van der Waals surface area contributed by atoms with Crippen molar-refractivity contribution in [2.45, 2.75) is 52.2 Å². The number of hydrogen-bond donors (Lipinski definition) is 1. The molecule has 1 unspecified atom stereocenters. The van der Waals surface area contributed by atoms with Gasteiger partial charge in [0.25, 0.3) is 5.91 Å². The molecule has 1 N–H and O–H groups in total. The molecule has 7 heteroatoms. The highest BCUT2D eigenvalue weighted by Gasteiger charge is 2.45. The number of ether oxygens (including phenoxy) is 1. The molecule has 0 fully saturated rings. The van der Waals surface area contributed by atoms with Crippen molar-refractivity contribution in [1.29, 1.82) is 0 Å². The third kappa shape index (κ3) is 3.67. The van der Waals surface area contributed by atoms with Gasteiger partial charge in [0.2, 0.25) is 0 Å². The maximum atomic E-state index is 13.8. The third-order valence-electron chi connectivity index (χ3n) is 5.93. The fraction of sp³-hybridized carbons (Fsp3) is 0.296. The van der Waals surface area contributed by atoms with E-state index in [1.165, 1.54) is 0 Å². The van der Waals surface area contributed by atoms with Crippen molar-refractivity contribution < 1.29 is 14.1 Å². The van der Waals surface area contributed by atoms with Gasteiger partial charge in [0, 0.05) is 33.9 Å². The molecule has 3 heterocycles. The van der Waals surface area contributed by atoms with Crippen LogP contribution < -0.4 is 9.64 Å². The Labute approximate surface area is 198 Å². The van der Waals surface area contributed by atoms with Crippen LogP contribution in [0.25, 0.3) is 11.3 Å². The van der Waals surface area contributed by atoms with E-state index in [2.05, 4.69) is 36.1 Å². The van der Waals surface area contributed by atoms with E-state index >= 15 is 0 Å². The van der Waals surface area contributed by atoms with Crippen LogP contribution in [0, 0.1) is 0 Å². The van der Waals surface area contributed by atoms with Crippen LogP contribution in [0.1, 0.15) is 68.0 Å². The topological polar surface area (TPSA) is 84.2 Å². The smallest absolute Gasteiger partial charge is 0.277 e. The van der Waals surface area contributed by atoms with Crippen LogP contribution in [-0.4, -0.2) is 27.4 Å². The number of hydrogen-bond acceptors (Lipinski definition) is 5. The highest BCUT2D eigenvalue weighted by Crippen LogP contribution is 2.47. The Bertz CT molecular complexity index is 1310. The highest BCUT2D eigenvalue weighted by molar-refractivity contribution is 6.11. The summed E-state index contributed by atoms with van der Waals surface area (Å²) in [6.45, 7) is 10.3. The van der Waals surface area contributed by atoms with Crippen LogP contribution in [-0.2, 0) is 5.41 Å². The summed E-state index contributed by atoms with van der Waals surface area (Å²) in [5.74, 6) is 0.643. The number of aromatic nitrogens is 3. The lowest BCUT2D eigenvalue weighted by Gasteiger charge is -2.30. The Kier molecular flexibility index (Phi) is 5.27. The number of anilines is 1. The largest absolute Gasteiger partial charge is 0.491 e. The fourth-order valence-electron chi connectivity index (χ4n) is 4.50. The first-order valence-corrected chi connectivity index (χ1v) is 11.4. The van der Waals surface area contributed by atoms with Gasteiger partial charge in [-0.1, -0.05) is 56.3 Å². The number of carbonyl (C=O) groups is 1. The average molecular weight is 457 g/mol. The van der Waals surface area contributed by atoms with Crippen LogP contribution in [0.2, 0.25) is 0 Å². The van der Waals surface area contributed by atoms with Gasteiger partial charge in [0.05, 0.1) is 17.8 Å². The maximum Gasteiger partial charge on any atom is 0.277 e. The molecular formula is C27H28N4O3. The number of nitrogens with one attached hydrogen (secondary N) is 1. The summed E-state index contributed by atoms with van der Waals surface area (Å²) in [6.07, 6.45) is 1.54. The van der Waals surface area contributed by atoms with Gasteiger partial charge >= 0.3 is 0 Å². The predicted molar refractivity (Wildman–Crippen MR) is 130 cm³/mol. The van der Waals surface area contributed by atoms with Gasteiger partial charge in [-0.05, 0) is 32.0 Å². The normalized spacial score (nSPS) is 15.8. The minimum atomic E-state index is -0.372. The number of fused-ring (bicyclic) bond motifs is 1. The van der Waals surface area contributed by atoms with Gasteiger partial charge in [0.1, 0.15) is 23.4 Å². The van der Waals surface area contributed by atoms with Gasteiger partial charge in [-0.15, -0.1) is 0 Å². The number of benzene rings is 2. The molecule has 1 aliphatic heterocycles. The second-order valence-electron chi connectivity index (χ2n) is 9.82. The lowest BCUT2D eigenvalue weighted by Crippen LogP contribution is -2.30. The number of amides is 1. The first-order chi connectivity index (χ1) is 16.3. The van der Waals surface area contributed by atoms with E-state index in [0.717, 1.165) is 39.5 Å². The predicted octanol–water partition coefficient (Wildman–Crippen LogP) is 5.90. The minimum Gasteiger partial charge on any atom is -0.491 e. The first kappa shape index (κ1) is 21.9. The van der Waals surface area contributed by atoms with Crippen molar-refractivity contribution >= 4 is 11.6 Å². The molecule has 1 aliphatic rings. The molecule has 0 aliphatic carbocycles. The van der Waals surface area contributed by atoms with E-state index in [1.807, 2.05) is 73.3 Å². The summed E-state index contributed by atoms with van der Waals surface area (Å²) in [4.78, 5) is 15.6. The van der Waals surface area contributed by atoms with Crippen LogP contribution >= 0.6 is 0 Å². The molecule has 7 nitrogen and oxygen atoms in total. The van der Waals surface area contributed by atoms with Crippen molar-refractivity contribution in [2.75, 3.05) is 4.90 Å². The lowest BCUT2D eigenvalue weighted by atomic mass is 9.85. The molecule has 2 aromatic heterocycles. The average Bonchev–Trinajstić information content (AvgIpc) is 3.52. The van der Waals surface area contributed by atoms with E-state index in [-0.39, 0.29) is 23.5 Å². The summed E-state index contributed by atoms with van der Waals surface area (Å²) in [5.41, 5.74) is 5.43. The molecule has 0 saturated heterocycles. The zero-order valence-corrected chi connectivity index (χ0v) is 20.0. The monoisotopic (exact) mass is 456 g/mol. The molecule has 174 valence electrons. The van der Waals surface area contributed by atoms with Gasteiger partial charge in [-0.2, -0.15) is 5.10 Å². The Morgan fingerprint density at radius 2 is 1.79 bits per heavy atom. The number of nitrogens with zero attached hydrogens (tertiary/aromatic N) is 3. The van der Waals surface area contributed by atoms with Crippen molar-refractivity contribution in [2.24, 2.45) is 0 Å². The summed E-state index contributed by atoms with van der Waals surface area (Å²) in [5, 5.41) is 11.6. The van der Waals surface area contributed by atoms with Crippen molar-refractivity contribution in [3.05, 3.63) is 83.4 Å². The molecule has 2 aromatic carbocycles. The van der Waals surface area contributed by atoms with E-state index in [1.54, 1.807) is 6.26 Å². The SMILES string of the molecule is CC(C)Oc1ccccc1C1c2c(C(C)(C)C)n[nH]c2C(=O)N1c1ccc(-c2ccon2)cc1. The van der Waals surface area contributed by atoms with Crippen LogP contribution in [0.4, 0.5) is 5.69 Å². The van der Waals surface area contributed by atoms with Gasteiger partial charge in [0.15, 0.2) is 0 Å². The fourth-order valence-corrected chi connectivity index (χ4v) is 4.50. The number of carbonyl (C=O) groups excluding carboxylic acids is 1. The van der Waals surface area contributed by atoms with Gasteiger partial charge in [-0.25, -0.2) is 0 Å². The summed E-state index contributed by atoms with van der Waals surface area (Å²) < 4.78 is 11.1. The van der Waals surface area contributed by atoms with E-state index in [0.29, 0.717) is 5.69 Å². The standard InChI is InChI=1S/C27H28N4O3/c1-16(2)34-21-9-7-6-8-19(21)24-22-23(28-29-25(22)27(3,4)5)26(32)31(24)18-12-10-17(11-13-18)20-14-15-33-30-20/h6-16,24H,1-5H3,(H,28,29). The van der Waals surface area contributed by atoms with Crippen LogP contribution in [0.15, 0.2) is 65.4 Å². The van der Waals surface area contributed by atoms with E-state index in [9.17, 15) is 4.79 Å². The van der Waals surface area contributed by atoms with Crippen molar-refractivity contribution in [1.82, 2.24) is 15.4 Å². The lowest BCUT2D eigenvalue weighted by molar-refractivity contribution is 0.0988. The number of para-hydroxylation sites is 1. The molecule has 1 amide bonds. The number of aromatic amines is 1. The maximum absolute atomic E-state index is 13.8. The Morgan fingerprint density at radius 3 is 2.44 bits per heavy atom. The van der Waals surface area contributed by atoms with E-state index < -0.39 is 0 Å². The van der Waals surface area contributed by atoms with Gasteiger partial charge < -0.3 is 9.26 Å². The Morgan fingerprint density at radius 1 is 1.06 bits per heavy atom. The summed E-state index contributed by atoms with van der Waals surface area (Å²) in [7, 11) is 0. The van der Waals surface area contributed by atoms with Crippen molar-refractivity contribution in [3.63, 3.8) is 0 Å². The van der Waals surface area contributed by atoms with Crippen molar-refractivity contribution in [3.8, 4) is 17.0 Å². The molecule has 34 heavy (non-hydrogen) atoms. The highest BCUT2D eigenvalue weighted by atomic mass is 16.5. The van der Waals surface area contributed by atoms with Crippen LogP contribution in [0.5, 0.6) is 5.75 Å². The quantitative estimate of drug-likeness (QED) is 0.404.